The molecule has 0 fully saturated rings. The van der Waals surface area contributed by atoms with Gasteiger partial charge in [0.15, 0.2) is 0 Å². The molecule has 0 aliphatic carbocycles. The van der Waals surface area contributed by atoms with E-state index in [1.54, 1.807) is 6.33 Å². The summed E-state index contributed by atoms with van der Waals surface area (Å²) in [4.78, 5) is 10.8. The number of hydrogen-bond acceptors (Lipinski definition) is 3. The summed E-state index contributed by atoms with van der Waals surface area (Å²) in [6.07, 6.45) is 1.61. The highest BCUT2D eigenvalue weighted by Crippen LogP contribution is 2.27. The van der Waals surface area contributed by atoms with Crippen molar-refractivity contribution in [1.29, 1.82) is 0 Å². The van der Waals surface area contributed by atoms with E-state index in [9.17, 15) is 0 Å². The van der Waals surface area contributed by atoms with Crippen molar-refractivity contribution in [3.05, 3.63) is 60.9 Å². The Morgan fingerprint density at radius 3 is 2.00 bits per heavy atom. The Hall–Kier alpha value is -2.42. The van der Waals surface area contributed by atoms with Gasteiger partial charge in [-0.1, -0.05) is 58.0 Å². The second-order valence-corrected chi connectivity index (χ2v) is 4.11. The van der Waals surface area contributed by atoms with Crippen LogP contribution in [-0.2, 0) is 0 Å². The Morgan fingerprint density at radius 1 is 0.727 bits per heavy atom. The minimum atomic E-state index is 0.923. The average Bonchev–Trinajstić information content (AvgIpc) is 2.65. The number of hydrogen-bond donors (Lipinski definition) is 0. The molecule has 2 aromatic carbocycles. The summed E-state index contributed by atoms with van der Waals surface area (Å²) >= 11 is 0. The van der Waals surface area contributed by atoms with Gasteiger partial charge in [-0.25, -0.2) is 9.97 Å². The molecule has 0 amide bonds. The SMILES string of the molecule is CC.CC.CN(c1ccccc1)c1ncnc2ccccc12. The highest BCUT2D eigenvalue weighted by molar-refractivity contribution is 5.91. The topological polar surface area (TPSA) is 29.0 Å². The minimum absolute atomic E-state index is 0.923. The molecular formula is C19H25N3. The van der Waals surface area contributed by atoms with Crippen molar-refractivity contribution in [3.8, 4) is 0 Å². The average molecular weight is 295 g/mol. The van der Waals surface area contributed by atoms with Crippen LogP contribution in [0.25, 0.3) is 10.9 Å². The zero-order chi connectivity index (χ0) is 16.4. The summed E-state index contributed by atoms with van der Waals surface area (Å²) in [5, 5.41) is 1.06. The third kappa shape index (κ3) is 4.04. The van der Waals surface area contributed by atoms with E-state index in [1.165, 1.54) is 0 Å². The monoisotopic (exact) mass is 295 g/mol. The van der Waals surface area contributed by atoms with E-state index in [-0.39, 0.29) is 0 Å². The Kier molecular flexibility index (Phi) is 7.62. The first-order valence-corrected chi connectivity index (χ1v) is 7.85. The van der Waals surface area contributed by atoms with E-state index in [0.29, 0.717) is 0 Å². The van der Waals surface area contributed by atoms with Gasteiger partial charge in [0.2, 0.25) is 0 Å². The first-order chi connectivity index (χ1) is 10.9. The fraction of sp³-hybridized carbons (Fsp3) is 0.263. The van der Waals surface area contributed by atoms with Gasteiger partial charge in [0.05, 0.1) is 5.52 Å². The highest BCUT2D eigenvalue weighted by atomic mass is 15.2. The second-order valence-electron chi connectivity index (χ2n) is 4.11. The van der Waals surface area contributed by atoms with E-state index >= 15 is 0 Å². The molecule has 1 aromatic heterocycles. The molecule has 3 nitrogen and oxygen atoms in total. The summed E-state index contributed by atoms with van der Waals surface area (Å²) in [5.41, 5.74) is 2.08. The van der Waals surface area contributed by atoms with E-state index in [1.807, 2.05) is 77.2 Å². The lowest BCUT2D eigenvalue weighted by Gasteiger charge is -2.19. The van der Waals surface area contributed by atoms with Crippen LogP contribution in [0.1, 0.15) is 27.7 Å². The molecule has 0 atom stereocenters. The van der Waals surface area contributed by atoms with Crippen molar-refractivity contribution < 1.29 is 0 Å². The zero-order valence-electron chi connectivity index (χ0n) is 14.1. The van der Waals surface area contributed by atoms with Gasteiger partial charge >= 0.3 is 0 Å². The van der Waals surface area contributed by atoms with Gasteiger partial charge in [-0.05, 0) is 24.3 Å². The van der Waals surface area contributed by atoms with Crippen LogP contribution in [0.2, 0.25) is 0 Å². The Morgan fingerprint density at radius 2 is 1.32 bits per heavy atom. The fourth-order valence-electron chi connectivity index (χ4n) is 2.03. The molecule has 0 spiro atoms. The summed E-state index contributed by atoms with van der Waals surface area (Å²) in [6.45, 7) is 8.00. The van der Waals surface area contributed by atoms with Crippen LogP contribution in [0, 0.1) is 0 Å². The van der Waals surface area contributed by atoms with Crippen LogP contribution in [0.5, 0.6) is 0 Å². The molecule has 0 aliphatic heterocycles. The second kappa shape index (κ2) is 9.50. The first kappa shape index (κ1) is 17.6. The van der Waals surface area contributed by atoms with E-state index in [2.05, 4.69) is 27.0 Å². The number of benzene rings is 2. The maximum Gasteiger partial charge on any atom is 0.144 e. The lowest BCUT2D eigenvalue weighted by atomic mass is 10.2. The molecule has 0 unspecified atom stereocenters. The molecule has 0 radical (unpaired) electrons. The molecule has 0 bridgehead atoms. The van der Waals surface area contributed by atoms with E-state index < -0.39 is 0 Å². The molecule has 116 valence electrons. The van der Waals surface area contributed by atoms with Crippen molar-refractivity contribution in [2.45, 2.75) is 27.7 Å². The van der Waals surface area contributed by atoms with Gasteiger partial charge in [-0.3, -0.25) is 0 Å². The molecule has 0 saturated heterocycles. The normalized spacial score (nSPS) is 9.14. The Balaban J connectivity index is 0.000000561. The maximum absolute atomic E-state index is 4.40. The molecule has 1 heterocycles. The quantitative estimate of drug-likeness (QED) is 0.629. The molecule has 0 N–H and O–H groups in total. The number of fused-ring (bicyclic) bond motifs is 1. The summed E-state index contributed by atoms with van der Waals surface area (Å²) < 4.78 is 0. The van der Waals surface area contributed by atoms with Crippen LogP contribution < -0.4 is 4.90 Å². The lowest BCUT2D eigenvalue weighted by molar-refractivity contribution is 1.11. The Labute approximate surface area is 133 Å². The minimum Gasteiger partial charge on any atom is -0.329 e. The van der Waals surface area contributed by atoms with Crippen LogP contribution in [-0.4, -0.2) is 17.0 Å². The number of rotatable bonds is 2. The third-order valence-electron chi connectivity index (χ3n) is 2.98. The van der Waals surface area contributed by atoms with Gasteiger partial charge in [0.25, 0.3) is 0 Å². The molecule has 3 aromatic rings. The molecule has 22 heavy (non-hydrogen) atoms. The largest absolute Gasteiger partial charge is 0.329 e. The van der Waals surface area contributed by atoms with Crippen LogP contribution in [0.3, 0.4) is 0 Å². The van der Waals surface area contributed by atoms with Crippen molar-refractivity contribution in [2.24, 2.45) is 0 Å². The van der Waals surface area contributed by atoms with Gasteiger partial charge in [0.1, 0.15) is 12.1 Å². The maximum atomic E-state index is 4.40. The summed E-state index contributed by atoms with van der Waals surface area (Å²) in [5.74, 6) is 0.923. The van der Waals surface area contributed by atoms with Crippen molar-refractivity contribution in [3.63, 3.8) is 0 Å². The van der Waals surface area contributed by atoms with Crippen molar-refractivity contribution in [1.82, 2.24) is 9.97 Å². The smallest absolute Gasteiger partial charge is 0.144 e. The van der Waals surface area contributed by atoms with Gasteiger partial charge in [-0.2, -0.15) is 0 Å². The van der Waals surface area contributed by atoms with Crippen molar-refractivity contribution >= 4 is 22.4 Å². The molecule has 3 rings (SSSR count). The lowest BCUT2D eigenvalue weighted by Crippen LogP contribution is -2.11. The molecule has 0 saturated carbocycles. The van der Waals surface area contributed by atoms with Crippen LogP contribution in [0.4, 0.5) is 11.5 Å². The number of anilines is 2. The summed E-state index contributed by atoms with van der Waals surface area (Å²) in [6, 6.07) is 18.2. The fourth-order valence-corrected chi connectivity index (χ4v) is 2.03. The van der Waals surface area contributed by atoms with E-state index in [4.69, 9.17) is 0 Å². The van der Waals surface area contributed by atoms with Crippen LogP contribution >= 0.6 is 0 Å². The summed E-state index contributed by atoms with van der Waals surface area (Å²) in [7, 11) is 2.02. The van der Waals surface area contributed by atoms with E-state index in [0.717, 1.165) is 22.4 Å². The van der Waals surface area contributed by atoms with Gasteiger partial charge < -0.3 is 4.90 Å². The standard InChI is InChI=1S/C15H13N3.2C2H6/c1-18(12-7-3-2-4-8-12)15-13-9-5-6-10-14(13)16-11-17-15;2*1-2/h2-11H,1H3;2*1-2H3. The number of nitrogens with zero attached hydrogens (tertiary/aromatic N) is 3. The zero-order valence-corrected chi connectivity index (χ0v) is 14.1. The third-order valence-corrected chi connectivity index (χ3v) is 2.98. The number of aromatic nitrogens is 2. The number of para-hydroxylation sites is 2. The van der Waals surface area contributed by atoms with Crippen LogP contribution in [0.15, 0.2) is 60.9 Å². The van der Waals surface area contributed by atoms with Crippen molar-refractivity contribution in [2.75, 3.05) is 11.9 Å². The van der Waals surface area contributed by atoms with Gasteiger partial charge in [-0.15, -0.1) is 0 Å². The Bertz CT molecular complexity index is 660. The van der Waals surface area contributed by atoms with Gasteiger partial charge in [0, 0.05) is 18.1 Å². The predicted octanol–water partition coefficient (Wildman–Crippen LogP) is 5.45. The highest BCUT2D eigenvalue weighted by Gasteiger charge is 2.09. The molecule has 0 aliphatic rings. The molecule has 3 heteroatoms. The predicted molar refractivity (Wildman–Crippen MR) is 96.7 cm³/mol. The molecular weight excluding hydrogens is 270 g/mol. The first-order valence-electron chi connectivity index (χ1n) is 7.85.